The Labute approximate surface area is 135 Å². The summed E-state index contributed by atoms with van der Waals surface area (Å²) in [5.74, 6) is -1.89. The highest BCUT2D eigenvalue weighted by Gasteiger charge is 2.16. The molecule has 0 saturated heterocycles. The van der Waals surface area contributed by atoms with E-state index in [1.807, 2.05) is 0 Å². The SMILES string of the molecule is O=C(Nc1ccc(Cl)cc1F)c1cc(F)ccc1-n1ccnc1. The van der Waals surface area contributed by atoms with Gasteiger partial charge in [0.1, 0.15) is 11.6 Å². The minimum absolute atomic E-state index is 0.0414. The Bertz CT molecular complexity index is 866. The van der Waals surface area contributed by atoms with Gasteiger partial charge in [-0.2, -0.15) is 0 Å². The lowest BCUT2D eigenvalue weighted by molar-refractivity contribution is 0.102. The first kappa shape index (κ1) is 15.2. The summed E-state index contributed by atoms with van der Waals surface area (Å²) in [7, 11) is 0. The van der Waals surface area contributed by atoms with Crippen LogP contribution in [0.5, 0.6) is 0 Å². The van der Waals surface area contributed by atoms with Crippen LogP contribution < -0.4 is 5.32 Å². The summed E-state index contributed by atoms with van der Waals surface area (Å²) < 4.78 is 28.9. The molecule has 1 heterocycles. The molecule has 1 aromatic heterocycles. The normalized spacial score (nSPS) is 10.6. The zero-order valence-corrected chi connectivity index (χ0v) is 12.4. The van der Waals surface area contributed by atoms with E-state index >= 15 is 0 Å². The van der Waals surface area contributed by atoms with E-state index in [9.17, 15) is 13.6 Å². The smallest absolute Gasteiger partial charge is 0.257 e. The van der Waals surface area contributed by atoms with Crippen LogP contribution in [0, 0.1) is 11.6 Å². The maximum atomic E-state index is 13.8. The molecule has 0 aliphatic heterocycles. The summed E-state index contributed by atoms with van der Waals surface area (Å²) in [5, 5.41) is 2.62. The van der Waals surface area contributed by atoms with Crippen molar-refractivity contribution in [3.05, 3.63) is 77.3 Å². The van der Waals surface area contributed by atoms with Crippen LogP contribution in [0.3, 0.4) is 0 Å². The summed E-state index contributed by atoms with van der Waals surface area (Å²) in [5.41, 5.74) is 0.438. The summed E-state index contributed by atoms with van der Waals surface area (Å²) in [4.78, 5) is 16.3. The molecule has 1 amide bonds. The molecular formula is C16H10ClF2N3O. The van der Waals surface area contributed by atoms with Gasteiger partial charge in [0.05, 0.1) is 23.3 Å². The third-order valence-corrected chi connectivity index (χ3v) is 3.40. The fourth-order valence-electron chi connectivity index (χ4n) is 2.10. The van der Waals surface area contributed by atoms with Gasteiger partial charge >= 0.3 is 0 Å². The predicted molar refractivity (Wildman–Crippen MR) is 82.9 cm³/mol. The van der Waals surface area contributed by atoms with E-state index in [0.29, 0.717) is 5.69 Å². The van der Waals surface area contributed by atoms with Crippen molar-refractivity contribution in [2.45, 2.75) is 0 Å². The average Bonchev–Trinajstić information content (AvgIpc) is 3.04. The third kappa shape index (κ3) is 3.22. The minimum Gasteiger partial charge on any atom is -0.319 e. The fourth-order valence-corrected chi connectivity index (χ4v) is 2.26. The van der Waals surface area contributed by atoms with E-state index < -0.39 is 17.5 Å². The van der Waals surface area contributed by atoms with E-state index in [0.717, 1.165) is 12.1 Å². The Morgan fingerprint density at radius 1 is 1.17 bits per heavy atom. The second kappa shape index (κ2) is 6.18. The summed E-state index contributed by atoms with van der Waals surface area (Å²) in [6.45, 7) is 0. The fraction of sp³-hybridized carbons (Fsp3) is 0. The zero-order valence-electron chi connectivity index (χ0n) is 11.6. The van der Waals surface area contributed by atoms with Gasteiger partial charge in [0.2, 0.25) is 0 Å². The molecule has 7 heteroatoms. The van der Waals surface area contributed by atoms with Crippen molar-refractivity contribution in [3.63, 3.8) is 0 Å². The number of aromatic nitrogens is 2. The van der Waals surface area contributed by atoms with Crippen molar-refractivity contribution in [1.82, 2.24) is 9.55 Å². The van der Waals surface area contributed by atoms with Crippen molar-refractivity contribution in [2.24, 2.45) is 0 Å². The number of nitrogens with zero attached hydrogens (tertiary/aromatic N) is 2. The van der Waals surface area contributed by atoms with Crippen LogP contribution in [-0.2, 0) is 0 Å². The molecule has 0 radical (unpaired) electrons. The molecule has 3 aromatic rings. The quantitative estimate of drug-likeness (QED) is 0.785. The van der Waals surface area contributed by atoms with Gasteiger partial charge in [0, 0.05) is 17.4 Å². The molecule has 0 fully saturated rings. The molecule has 0 bridgehead atoms. The molecule has 0 unspecified atom stereocenters. The van der Waals surface area contributed by atoms with Crippen molar-refractivity contribution in [3.8, 4) is 5.69 Å². The number of carbonyl (C=O) groups is 1. The first-order valence-corrected chi connectivity index (χ1v) is 6.96. The average molecular weight is 334 g/mol. The topological polar surface area (TPSA) is 46.9 Å². The highest BCUT2D eigenvalue weighted by Crippen LogP contribution is 2.22. The second-order valence-electron chi connectivity index (χ2n) is 4.71. The van der Waals surface area contributed by atoms with Gasteiger partial charge in [-0.15, -0.1) is 0 Å². The van der Waals surface area contributed by atoms with Crippen molar-refractivity contribution >= 4 is 23.2 Å². The number of hydrogen-bond donors (Lipinski definition) is 1. The lowest BCUT2D eigenvalue weighted by Gasteiger charge is -2.11. The molecule has 0 aliphatic carbocycles. The van der Waals surface area contributed by atoms with E-state index in [4.69, 9.17) is 11.6 Å². The molecular weight excluding hydrogens is 324 g/mol. The summed E-state index contributed by atoms with van der Waals surface area (Å²) in [6, 6.07) is 7.63. The predicted octanol–water partition coefficient (Wildman–Crippen LogP) is 4.06. The Morgan fingerprint density at radius 2 is 2.00 bits per heavy atom. The second-order valence-corrected chi connectivity index (χ2v) is 5.15. The van der Waals surface area contributed by atoms with Crippen LogP contribution in [0.4, 0.5) is 14.5 Å². The Morgan fingerprint density at radius 3 is 2.70 bits per heavy atom. The van der Waals surface area contributed by atoms with Gasteiger partial charge in [-0.1, -0.05) is 11.6 Å². The van der Waals surface area contributed by atoms with Crippen molar-refractivity contribution in [1.29, 1.82) is 0 Å². The Balaban J connectivity index is 1.97. The van der Waals surface area contributed by atoms with Gasteiger partial charge in [0.25, 0.3) is 5.91 Å². The molecule has 0 spiro atoms. The number of rotatable bonds is 3. The molecule has 116 valence electrons. The number of anilines is 1. The van der Waals surface area contributed by atoms with Crippen LogP contribution in [0.1, 0.15) is 10.4 Å². The van der Waals surface area contributed by atoms with Crippen LogP contribution in [0.25, 0.3) is 5.69 Å². The zero-order chi connectivity index (χ0) is 16.4. The lowest BCUT2D eigenvalue weighted by atomic mass is 10.1. The first-order valence-electron chi connectivity index (χ1n) is 6.59. The Kier molecular flexibility index (Phi) is 4.08. The van der Waals surface area contributed by atoms with E-state index in [2.05, 4.69) is 10.3 Å². The summed E-state index contributed by atoms with van der Waals surface area (Å²) in [6.07, 6.45) is 4.63. The molecule has 0 atom stereocenters. The molecule has 0 saturated carbocycles. The molecule has 3 rings (SSSR count). The molecule has 4 nitrogen and oxygen atoms in total. The number of nitrogens with one attached hydrogen (secondary N) is 1. The van der Waals surface area contributed by atoms with Gasteiger partial charge in [-0.25, -0.2) is 13.8 Å². The van der Waals surface area contributed by atoms with Crippen molar-refractivity contribution in [2.75, 3.05) is 5.32 Å². The van der Waals surface area contributed by atoms with Crippen LogP contribution in [0.2, 0.25) is 5.02 Å². The van der Waals surface area contributed by atoms with Crippen molar-refractivity contribution < 1.29 is 13.6 Å². The largest absolute Gasteiger partial charge is 0.319 e. The highest BCUT2D eigenvalue weighted by atomic mass is 35.5. The number of amides is 1. The minimum atomic E-state index is -0.675. The van der Waals surface area contributed by atoms with E-state index in [-0.39, 0.29) is 16.3 Å². The standard InChI is InChI=1S/C16H10ClF2N3O/c17-10-1-3-14(13(19)7-10)21-16(23)12-8-11(18)2-4-15(12)22-6-5-20-9-22/h1-9H,(H,21,23). The van der Waals surface area contributed by atoms with E-state index in [1.165, 1.54) is 36.8 Å². The van der Waals surface area contributed by atoms with Gasteiger partial charge in [-0.05, 0) is 36.4 Å². The molecule has 0 aliphatic rings. The van der Waals surface area contributed by atoms with Crippen LogP contribution in [0.15, 0.2) is 55.1 Å². The Hall–Kier alpha value is -2.73. The lowest BCUT2D eigenvalue weighted by Crippen LogP contribution is -2.16. The molecule has 1 N–H and O–H groups in total. The molecule has 2 aromatic carbocycles. The highest BCUT2D eigenvalue weighted by molar-refractivity contribution is 6.30. The molecule has 23 heavy (non-hydrogen) atoms. The summed E-state index contributed by atoms with van der Waals surface area (Å²) >= 11 is 5.67. The van der Waals surface area contributed by atoms with Gasteiger partial charge in [0.15, 0.2) is 0 Å². The number of benzene rings is 2. The van der Waals surface area contributed by atoms with E-state index in [1.54, 1.807) is 10.8 Å². The number of halogens is 3. The third-order valence-electron chi connectivity index (χ3n) is 3.17. The van der Waals surface area contributed by atoms with Crippen LogP contribution >= 0.6 is 11.6 Å². The van der Waals surface area contributed by atoms with Crippen LogP contribution in [-0.4, -0.2) is 15.5 Å². The monoisotopic (exact) mass is 333 g/mol. The van der Waals surface area contributed by atoms with Gasteiger partial charge in [-0.3, -0.25) is 4.79 Å². The van der Waals surface area contributed by atoms with Gasteiger partial charge < -0.3 is 9.88 Å². The maximum absolute atomic E-state index is 13.8. The first-order chi connectivity index (χ1) is 11.0. The number of hydrogen-bond acceptors (Lipinski definition) is 2. The number of imidazole rings is 1. The maximum Gasteiger partial charge on any atom is 0.257 e. The number of carbonyl (C=O) groups excluding carboxylic acids is 1.